The molecule has 0 bridgehead atoms. The van der Waals surface area contributed by atoms with Gasteiger partial charge in [0.05, 0.1) is 6.10 Å². The van der Waals surface area contributed by atoms with Gasteiger partial charge < -0.3 is 5.11 Å². The number of aliphatic hydroxyl groups is 1. The maximum absolute atomic E-state index is 11.7. The average molecular weight is 200 g/mol. The van der Waals surface area contributed by atoms with E-state index in [0.29, 0.717) is 17.5 Å². The largest absolute Gasteiger partial charge is 0.393 e. The van der Waals surface area contributed by atoms with Gasteiger partial charge in [-0.3, -0.25) is 4.79 Å². The highest BCUT2D eigenvalue weighted by atomic mass is 32.2. The first kappa shape index (κ1) is 9.53. The van der Waals surface area contributed by atoms with Gasteiger partial charge in [0.25, 0.3) is 0 Å². The Hall–Kier alpha value is -0.0200. The number of aliphatic hydroxyl groups excluding tert-OH is 1. The van der Waals surface area contributed by atoms with E-state index in [2.05, 4.69) is 0 Å². The summed E-state index contributed by atoms with van der Waals surface area (Å²) in [4.78, 5) is 11.7. The lowest BCUT2D eigenvalue weighted by atomic mass is 9.75. The second kappa shape index (κ2) is 3.62. The number of hydrogen-bond donors (Lipinski definition) is 1. The predicted molar refractivity (Wildman–Crippen MR) is 53.8 cm³/mol. The molecule has 1 aliphatic carbocycles. The molecule has 1 saturated heterocycles. The summed E-state index contributed by atoms with van der Waals surface area (Å²) in [6.45, 7) is 2.02. The maximum atomic E-state index is 11.7. The highest BCUT2D eigenvalue weighted by molar-refractivity contribution is 8.00. The molecule has 2 aliphatic rings. The molecule has 3 heteroatoms. The molecule has 0 amide bonds. The molecule has 4 atom stereocenters. The number of fused-ring (bicyclic) bond motifs is 1. The van der Waals surface area contributed by atoms with Gasteiger partial charge in [-0.1, -0.05) is 6.92 Å². The van der Waals surface area contributed by atoms with E-state index in [1.807, 2.05) is 18.7 Å². The number of rotatable bonds is 0. The molecule has 2 nitrogen and oxygen atoms in total. The Bertz CT molecular complexity index is 215. The van der Waals surface area contributed by atoms with Crippen molar-refractivity contribution in [2.45, 2.75) is 37.5 Å². The molecular formula is C10H16O2S. The fourth-order valence-corrected chi connectivity index (χ4v) is 4.05. The minimum atomic E-state index is -0.246. The monoisotopic (exact) mass is 200 g/mol. The van der Waals surface area contributed by atoms with E-state index in [4.69, 9.17) is 0 Å². The molecule has 1 heterocycles. The quantitative estimate of drug-likeness (QED) is 0.643. The van der Waals surface area contributed by atoms with Crippen LogP contribution in [0.3, 0.4) is 0 Å². The molecule has 0 aromatic carbocycles. The first-order chi connectivity index (χ1) is 6.20. The van der Waals surface area contributed by atoms with Crippen LogP contribution in [0.1, 0.15) is 26.2 Å². The van der Waals surface area contributed by atoms with Crippen molar-refractivity contribution < 1.29 is 9.90 Å². The standard InChI is InChI=1S/C10H16O2S/c1-6-7(11)2-3-9-10(6)8(12)4-5-13-9/h6-7,9-11H,2-5H2,1H3. The van der Waals surface area contributed by atoms with Crippen LogP contribution < -0.4 is 0 Å². The van der Waals surface area contributed by atoms with E-state index in [9.17, 15) is 9.90 Å². The van der Waals surface area contributed by atoms with Gasteiger partial charge in [-0.05, 0) is 18.8 Å². The van der Waals surface area contributed by atoms with Crippen LogP contribution in [0.25, 0.3) is 0 Å². The van der Waals surface area contributed by atoms with Crippen LogP contribution in [-0.2, 0) is 4.79 Å². The van der Waals surface area contributed by atoms with Gasteiger partial charge >= 0.3 is 0 Å². The van der Waals surface area contributed by atoms with E-state index in [-0.39, 0.29) is 17.9 Å². The van der Waals surface area contributed by atoms with Gasteiger partial charge in [-0.25, -0.2) is 0 Å². The summed E-state index contributed by atoms with van der Waals surface area (Å²) in [7, 11) is 0. The van der Waals surface area contributed by atoms with Crippen LogP contribution in [0.5, 0.6) is 0 Å². The predicted octanol–water partition coefficient (Wildman–Crippen LogP) is 1.47. The molecule has 1 N–H and O–H groups in total. The van der Waals surface area contributed by atoms with Crippen LogP contribution in [0, 0.1) is 11.8 Å². The molecule has 13 heavy (non-hydrogen) atoms. The topological polar surface area (TPSA) is 37.3 Å². The molecule has 4 unspecified atom stereocenters. The minimum absolute atomic E-state index is 0.141. The van der Waals surface area contributed by atoms with Crippen LogP contribution in [0.2, 0.25) is 0 Å². The van der Waals surface area contributed by atoms with Gasteiger partial charge in [-0.15, -0.1) is 0 Å². The Kier molecular flexibility index (Phi) is 2.65. The van der Waals surface area contributed by atoms with E-state index in [1.165, 1.54) is 0 Å². The average Bonchev–Trinajstić information content (AvgIpc) is 2.12. The van der Waals surface area contributed by atoms with Gasteiger partial charge in [0.15, 0.2) is 0 Å². The Morgan fingerprint density at radius 3 is 3.00 bits per heavy atom. The summed E-state index contributed by atoms with van der Waals surface area (Å²) in [5.41, 5.74) is 0. The first-order valence-corrected chi connectivity index (χ1v) is 6.07. The third kappa shape index (κ3) is 1.64. The molecule has 0 spiro atoms. The van der Waals surface area contributed by atoms with Gasteiger partial charge in [0.1, 0.15) is 5.78 Å². The Labute approximate surface area is 83.1 Å². The molecular weight excluding hydrogens is 184 g/mol. The third-order valence-electron chi connectivity index (χ3n) is 3.37. The molecule has 74 valence electrons. The second-order valence-corrected chi connectivity index (χ2v) is 5.50. The van der Waals surface area contributed by atoms with Crippen LogP contribution in [0.4, 0.5) is 0 Å². The summed E-state index contributed by atoms with van der Waals surface area (Å²) < 4.78 is 0. The summed E-state index contributed by atoms with van der Waals surface area (Å²) in [5, 5.41) is 10.2. The number of Topliss-reactive ketones (excluding diaryl/α,β-unsaturated/α-hetero) is 1. The van der Waals surface area contributed by atoms with Crippen molar-refractivity contribution in [1.29, 1.82) is 0 Å². The zero-order chi connectivity index (χ0) is 9.42. The summed E-state index contributed by atoms with van der Waals surface area (Å²) in [6, 6.07) is 0. The van der Waals surface area contributed by atoms with Crippen molar-refractivity contribution in [3.8, 4) is 0 Å². The highest BCUT2D eigenvalue weighted by Gasteiger charge is 2.42. The van der Waals surface area contributed by atoms with Crippen LogP contribution in [0.15, 0.2) is 0 Å². The lowest BCUT2D eigenvalue weighted by molar-refractivity contribution is -0.127. The van der Waals surface area contributed by atoms with E-state index < -0.39 is 0 Å². The molecule has 0 radical (unpaired) electrons. The molecule has 0 aromatic rings. The van der Waals surface area contributed by atoms with Crippen LogP contribution in [-0.4, -0.2) is 28.0 Å². The van der Waals surface area contributed by atoms with Crippen molar-refractivity contribution in [2.75, 3.05) is 5.75 Å². The smallest absolute Gasteiger partial charge is 0.138 e. The number of hydrogen-bond acceptors (Lipinski definition) is 3. The number of ketones is 1. The van der Waals surface area contributed by atoms with Gasteiger partial charge in [0, 0.05) is 23.3 Å². The third-order valence-corrected chi connectivity index (χ3v) is 4.77. The number of carbonyl (C=O) groups is 1. The fourth-order valence-electron chi connectivity index (χ4n) is 2.52. The normalized spacial score (nSPS) is 45.8. The minimum Gasteiger partial charge on any atom is -0.393 e. The first-order valence-electron chi connectivity index (χ1n) is 5.02. The SMILES string of the molecule is CC1C(O)CCC2SCCC(=O)C21. The maximum Gasteiger partial charge on any atom is 0.138 e. The highest BCUT2D eigenvalue weighted by Crippen LogP contribution is 2.41. The lowest BCUT2D eigenvalue weighted by Gasteiger charge is -2.40. The number of thioether (sulfide) groups is 1. The Balaban J connectivity index is 2.15. The zero-order valence-electron chi connectivity index (χ0n) is 7.90. The van der Waals surface area contributed by atoms with Gasteiger partial charge in [0.2, 0.25) is 0 Å². The van der Waals surface area contributed by atoms with E-state index in [0.717, 1.165) is 18.6 Å². The van der Waals surface area contributed by atoms with Crippen molar-refractivity contribution >= 4 is 17.5 Å². The molecule has 1 aliphatic heterocycles. The van der Waals surface area contributed by atoms with Crippen molar-refractivity contribution in [3.05, 3.63) is 0 Å². The molecule has 0 aromatic heterocycles. The fraction of sp³-hybridized carbons (Fsp3) is 0.900. The molecule has 2 rings (SSSR count). The van der Waals surface area contributed by atoms with Gasteiger partial charge in [-0.2, -0.15) is 11.8 Å². The Morgan fingerprint density at radius 1 is 1.46 bits per heavy atom. The van der Waals surface area contributed by atoms with E-state index in [1.54, 1.807) is 0 Å². The summed E-state index contributed by atoms with van der Waals surface area (Å²) >= 11 is 1.92. The summed E-state index contributed by atoms with van der Waals surface area (Å²) in [5.74, 6) is 1.69. The van der Waals surface area contributed by atoms with E-state index >= 15 is 0 Å². The van der Waals surface area contributed by atoms with Crippen molar-refractivity contribution in [1.82, 2.24) is 0 Å². The zero-order valence-corrected chi connectivity index (χ0v) is 8.72. The molecule has 1 saturated carbocycles. The molecule has 2 fully saturated rings. The summed E-state index contributed by atoms with van der Waals surface area (Å²) in [6.07, 6.45) is 2.36. The second-order valence-electron chi connectivity index (χ2n) is 4.16. The van der Waals surface area contributed by atoms with Crippen molar-refractivity contribution in [2.24, 2.45) is 11.8 Å². The Morgan fingerprint density at radius 2 is 2.23 bits per heavy atom. The lowest BCUT2D eigenvalue weighted by Crippen LogP contribution is -2.44. The number of carbonyl (C=O) groups excluding carboxylic acids is 1. The van der Waals surface area contributed by atoms with Crippen molar-refractivity contribution in [3.63, 3.8) is 0 Å². The van der Waals surface area contributed by atoms with Crippen LogP contribution >= 0.6 is 11.8 Å².